The van der Waals surface area contributed by atoms with E-state index in [4.69, 9.17) is 29.4 Å². The fraction of sp³-hybridized carbons (Fsp3) is 0.488. The highest BCUT2D eigenvalue weighted by Gasteiger charge is 2.86. The number of esters is 4. The van der Waals surface area contributed by atoms with Gasteiger partial charge in [0.2, 0.25) is 0 Å². The average molecular weight is 774 g/mol. The van der Waals surface area contributed by atoms with Crippen LogP contribution in [0.5, 0.6) is 11.5 Å². The summed E-state index contributed by atoms with van der Waals surface area (Å²) in [4.78, 5) is 63.8. The molecule has 4 aromatic rings. The molecule has 14 nitrogen and oxygen atoms in total. The number of halogens is 1. The molecule has 0 amide bonds. The number of ether oxygens (including phenoxy) is 5. The Hall–Kier alpha value is -5.44. The molecule has 3 heterocycles. The van der Waals surface area contributed by atoms with Crippen molar-refractivity contribution in [3.63, 3.8) is 0 Å². The molecule has 1 aliphatic heterocycles. The van der Waals surface area contributed by atoms with E-state index < -0.39 is 64.3 Å². The second-order valence-corrected chi connectivity index (χ2v) is 16.5. The van der Waals surface area contributed by atoms with Gasteiger partial charge in [-0.2, -0.15) is 14.4 Å². The molecular formula is C41H48FN5O9. The van der Waals surface area contributed by atoms with Crippen LogP contribution in [0.4, 0.5) is 10.2 Å². The maximum atomic E-state index is 14.3. The molecule has 1 saturated heterocycles. The molecule has 1 saturated carbocycles. The minimum absolute atomic E-state index is 0.01000. The van der Waals surface area contributed by atoms with Crippen LogP contribution in [0, 0.1) is 33.8 Å². The molecule has 1 unspecified atom stereocenters. The van der Waals surface area contributed by atoms with Crippen molar-refractivity contribution in [1.29, 1.82) is 0 Å². The number of anilines is 1. The highest BCUT2D eigenvalue weighted by molar-refractivity contribution is 5.81. The van der Waals surface area contributed by atoms with Gasteiger partial charge in [0.15, 0.2) is 34.3 Å². The molecule has 2 fully saturated rings. The topological polar surface area (TPSA) is 184 Å². The minimum Gasteiger partial charge on any atom is -0.455 e. The number of hydrogen-bond donors (Lipinski definition) is 1. The standard InChI is InChI=1S/C41H48FN5O9/c1-20-12-22(3)31(26(14-20)52-24(5)48)38(7,8)17-29(50)54-36-40(11)41(36,16-28(55-40)47-19-44-33-34(43)45-37(42)46-35(33)47)56-30(51)18-39(9,10)32-23(4)13-21(2)15-27(32)53-25(6)49/h12-15,19,28,36H,16-18H2,1-11H3,(H2,43,45,46)/t28-,36?,40-,41-/m1/s1. The van der Waals surface area contributed by atoms with E-state index in [0.717, 1.165) is 22.3 Å². The van der Waals surface area contributed by atoms with Gasteiger partial charge in [-0.3, -0.25) is 23.7 Å². The van der Waals surface area contributed by atoms with Crippen LogP contribution in [-0.4, -0.2) is 60.7 Å². The second-order valence-electron chi connectivity index (χ2n) is 16.5. The quantitative estimate of drug-likeness (QED) is 0.103. The van der Waals surface area contributed by atoms with E-state index in [-0.39, 0.29) is 36.2 Å². The normalized spacial score (nSPS) is 21.7. The number of benzene rings is 2. The van der Waals surface area contributed by atoms with Gasteiger partial charge in [-0.1, -0.05) is 39.8 Å². The predicted molar refractivity (Wildman–Crippen MR) is 201 cm³/mol. The van der Waals surface area contributed by atoms with Crippen molar-refractivity contribution in [2.75, 3.05) is 5.73 Å². The molecule has 4 atom stereocenters. The molecule has 0 spiro atoms. The highest BCUT2D eigenvalue weighted by Crippen LogP contribution is 2.66. The summed E-state index contributed by atoms with van der Waals surface area (Å²) < 4.78 is 46.0. The third kappa shape index (κ3) is 7.19. The Bertz CT molecular complexity index is 2300. The van der Waals surface area contributed by atoms with E-state index >= 15 is 0 Å². The van der Waals surface area contributed by atoms with E-state index in [0.29, 0.717) is 22.6 Å². The first-order valence-electron chi connectivity index (χ1n) is 18.3. The SMILES string of the molecule is CC(=O)Oc1cc(C)cc(C)c1C(C)(C)CC(=O)OC1[C@@]2(C)O[C@@H](n3cnc4c(N)nc(F)nc43)C[C@@]12OC(=O)CC(C)(C)c1c(C)cc(C)cc1OC(C)=O. The fourth-order valence-corrected chi connectivity index (χ4v) is 8.70. The number of fused-ring (bicyclic) bond motifs is 2. The lowest BCUT2D eigenvalue weighted by Gasteiger charge is -2.30. The summed E-state index contributed by atoms with van der Waals surface area (Å²) in [6, 6.07) is 7.40. The van der Waals surface area contributed by atoms with E-state index in [2.05, 4.69) is 15.0 Å². The Morgan fingerprint density at radius 1 is 0.875 bits per heavy atom. The Kier molecular flexibility index (Phi) is 10.0. The van der Waals surface area contributed by atoms with Crippen molar-refractivity contribution in [1.82, 2.24) is 19.5 Å². The fourth-order valence-electron chi connectivity index (χ4n) is 8.70. The lowest BCUT2D eigenvalue weighted by Crippen LogP contribution is -2.33. The van der Waals surface area contributed by atoms with E-state index in [1.807, 2.05) is 67.5 Å². The molecule has 2 aliphatic rings. The van der Waals surface area contributed by atoms with Crippen molar-refractivity contribution in [3.05, 3.63) is 70.1 Å². The van der Waals surface area contributed by atoms with Gasteiger partial charge in [0.05, 0.1) is 19.2 Å². The molecule has 2 aromatic heterocycles. The maximum absolute atomic E-state index is 14.3. The molecule has 6 rings (SSSR count). The van der Waals surface area contributed by atoms with Crippen LogP contribution in [0.3, 0.4) is 0 Å². The summed E-state index contributed by atoms with van der Waals surface area (Å²) in [5, 5.41) is 0. The van der Waals surface area contributed by atoms with E-state index in [1.165, 1.54) is 24.7 Å². The van der Waals surface area contributed by atoms with Crippen molar-refractivity contribution in [3.8, 4) is 11.5 Å². The third-order valence-electron chi connectivity index (χ3n) is 10.7. The lowest BCUT2D eigenvalue weighted by molar-refractivity contribution is -0.162. The van der Waals surface area contributed by atoms with Gasteiger partial charge in [0.25, 0.3) is 0 Å². The van der Waals surface area contributed by atoms with Crippen molar-refractivity contribution >= 4 is 40.9 Å². The van der Waals surface area contributed by atoms with Crippen LogP contribution in [0.25, 0.3) is 11.2 Å². The van der Waals surface area contributed by atoms with Crippen LogP contribution in [0.2, 0.25) is 0 Å². The smallest absolute Gasteiger partial charge is 0.312 e. The van der Waals surface area contributed by atoms with Crippen LogP contribution in [0.15, 0.2) is 30.6 Å². The number of rotatable bonds is 11. The number of aryl methyl sites for hydroxylation is 4. The predicted octanol–water partition coefficient (Wildman–Crippen LogP) is 6.25. The van der Waals surface area contributed by atoms with Crippen molar-refractivity contribution in [2.24, 2.45) is 0 Å². The average Bonchev–Trinajstić information content (AvgIpc) is 3.32. The zero-order valence-corrected chi connectivity index (χ0v) is 33.6. The van der Waals surface area contributed by atoms with E-state index in [9.17, 15) is 23.6 Å². The summed E-state index contributed by atoms with van der Waals surface area (Å²) in [6.45, 7) is 19.3. The van der Waals surface area contributed by atoms with Gasteiger partial charge in [-0.05, 0) is 69.0 Å². The summed E-state index contributed by atoms with van der Waals surface area (Å²) in [6.07, 6.45) is -1.84. The molecule has 1 aliphatic carbocycles. The Morgan fingerprint density at radius 3 is 1.91 bits per heavy atom. The molecule has 2 N–H and O–H groups in total. The minimum atomic E-state index is -1.47. The molecule has 56 heavy (non-hydrogen) atoms. The summed E-state index contributed by atoms with van der Waals surface area (Å²) >= 11 is 0. The van der Waals surface area contributed by atoms with Crippen LogP contribution in [0.1, 0.15) is 107 Å². The molecule has 0 radical (unpaired) electrons. The third-order valence-corrected chi connectivity index (χ3v) is 10.7. The van der Waals surface area contributed by atoms with Crippen LogP contribution < -0.4 is 15.2 Å². The van der Waals surface area contributed by atoms with Gasteiger partial charge in [0.1, 0.15) is 17.7 Å². The molecule has 0 bridgehead atoms. The first kappa shape index (κ1) is 40.2. The van der Waals surface area contributed by atoms with Gasteiger partial charge < -0.3 is 29.4 Å². The largest absolute Gasteiger partial charge is 0.455 e. The number of carbonyl (C=O) groups is 4. The Morgan fingerprint density at radius 2 is 1.39 bits per heavy atom. The number of hydrogen-bond acceptors (Lipinski definition) is 13. The van der Waals surface area contributed by atoms with E-state index in [1.54, 1.807) is 19.1 Å². The first-order chi connectivity index (χ1) is 26.0. The van der Waals surface area contributed by atoms with Gasteiger partial charge in [-0.15, -0.1) is 0 Å². The first-order valence-corrected chi connectivity index (χ1v) is 18.3. The van der Waals surface area contributed by atoms with Gasteiger partial charge >= 0.3 is 30.0 Å². The summed E-state index contributed by atoms with van der Waals surface area (Å²) in [5.41, 5.74) is 6.40. The number of nitrogens with zero attached hydrogens (tertiary/aromatic N) is 4. The number of carbonyl (C=O) groups excluding carboxylic acids is 4. The van der Waals surface area contributed by atoms with Crippen molar-refractivity contribution in [2.45, 2.75) is 130 Å². The summed E-state index contributed by atoms with van der Waals surface area (Å²) in [7, 11) is 0. The molecular weight excluding hydrogens is 725 g/mol. The highest BCUT2D eigenvalue weighted by atomic mass is 19.1. The maximum Gasteiger partial charge on any atom is 0.312 e. The van der Waals surface area contributed by atoms with Gasteiger partial charge in [-0.25, -0.2) is 4.98 Å². The number of aromatic nitrogens is 4. The number of nitrogens with two attached hydrogens (primary N) is 1. The van der Waals surface area contributed by atoms with Crippen LogP contribution >= 0.6 is 0 Å². The lowest BCUT2D eigenvalue weighted by atomic mass is 9.78. The Labute approximate surface area is 324 Å². The summed E-state index contributed by atoms with van der Waals surface area (Å²) in [5.74, 6) is -1.65. The van der Waals surface area contributed by atoms with Crippen molar-refractivity contribution < 1.29 is 47.3 Å². The monoisotopic (exact) mass is 773 g/mol. The Balaban J connectivity index is 1.30. The molecule has 298 valence electrons. The van der Waals surface area contributed by atoms with Crippen LogP contribution in [-0.2, 0) is 44.2 Å². The van der Waals surface area contributed by atoms with Gasteiger partial charge in [0, 0.05) is 42.2 Å². The molecule has 15 heteroatoms. The molecule has 2 aromatic carbocycles. The zero-order chi connectivity index (χ0) is 41.3. The zero-order valence-electron chi connectivity index (χ0n) is 33.6. The second kappa shape index (κ2) is 13.9. The number of imidazole rings is 1. The number of nitrogen functional groups attached to an aromatic ring is 1.